The number of amides is 1. The van der Waals surface area contributed by atoms with Gasteiger partial charge in [-0.1, -0.05) is 12.1 Å². The first-order valence-corrected chi connectivity index (χ1v) is 6.77. The molecular weight excluding hydrogens is 261 g/mol. The van der Waals surface area contributed by atoms with Crippen LogP contribution in [0.4, 0.5) is 4.39 Å². The summed E-state index contributed by atoms with van der Waals surface area (Å²) >= 11 is 1.62. The monoisotopic (exact) mass is 275 g/mol. The summed E-state index contributed by atoms with van der Waals surface area (Å²) in [5.74, 6) is -0.492. The van der Waals surface area contributed by atoms with Crippen LogP contribution in [0.15, 0.2) is 41.8 Å². The van der Waals surface area contributed by atoms with Crippen LogP contribution < -0.4 is 5.32 Å². The highest BCUT2D eigenvalue weighted by Crippen LogP contribution is 2.14. The summed E-state index contributed by atoms with van der Waals surface area (Å²) in [5.41, 5.74) is 1.85. The lowest BCUT2D eigenvalue weighted by Gasteiger charge is -2.01. The maximum Gasteiger partial charge on any atom is 0.244 e. The van der Waals surface area contributed by atoms with Crippen LogP contribution in [0.25, 0.3) is 6.08 Å². The van der Waals surface area contributed by atoms with Crippen LogP contribution in [-0.4, -0.2) is 5.91 Å². The fourth-order valence-electron chi connectivity index (χ4n) is 1.59. The lowest BCUT2D eigenvalue weighted by atomic mass is 10.2. The van der Waals surface area contributed by atoms with Crippen LogP contribution in [-0.2, 0) is 11.3 Å². The molecule has 4 heteroatoms. The first-order chi connectivity index (χ1) is 9.15. The van der Waals surface area contributed by atoms with Gasteiger partial charge in [0.15, 0.2) is 0 Å². The summed E-state index contributed by atoms with van der Waals surface area (Å²) < 4.78 is 12.9. The van der Waals surface area contributed by atoms with E-state index in [4.69, 9.17) is 0 Å². The molecule has 0 unspecified atom stereocenters. The van der Waals surface area contributed by atoms with Gasteiger partial charge < -0.3 is 5.32 Å². The van der Waals surface area contributed by atoms with Gasteiger partial charge in [-0.05, 0) is 47.7 Å². The molecule has 2 rings (SSSR count). The number of benzene rings is 1. The highest BCUT2D eigenvalue weighted by atomic mass is 32.1. The molecule has 1 aromatic heterocycles. The van der Waals surface area contributed by atoms with E-state index in [1.807, 2.05) is 18.4 Å². The Balaban J connectivity index is 1.89. The van der Waals surface area contributed by atoms with E-state index < -0.39 is 0 Å². The fourth-order valence-corrected chi connectivity index (χ4v) is 2.44. The summed E-state index contributed by atoms with van der Waals surface area (Å²) in [6, 6.07) is 8.14. The quantitative estimate of drug-likeness (QED) is 0.850. The number of hydrogen-bond acceptors (Lipinski definition) is 2. The Bertz CT molecular complexity index is 604. The second-order valence-corrected chi connectivity index (χ2v) is 5.13. The van der Waals surface area contributed by atoms with E-state index in [2.05, 4.69) is 5.32 Å². The number of hydrogen-bond donors (Lipinski definition) is 1. The third-order valence-electron chi connectivity index (χ3n) is 2.67. The topological polar surface area (TPSA) is 29.1 Å². The van der Waals surface area contributed by atoms with E-state index in [1.165, 1.54) is 23.8 Å². The number of halogens is 1. The Labute approximate surface area is 115 Å². The van der Waals surface area contributed by atoms with Crippen LogP contribution in [0.2, 0.25) is 0 Å². The second kappa shape index (κ2) is 6.29. The largest absolute Gasteiger partial charge is 0.348 e. The molecule has 1 aromatic carbocycles. The Morgan fingerprint density at radius 2 is 2.26 bits per heavy atom. The fraction of sp³-hybridized carbons (Fsp3) is 0.133. The molecular formula is C15H14FNOS. The molecule has 0 bridgehead atoms. The number of rotatable bonds is 4. The third kappa shape index (κ3) is 4.03. The molecule has 2 aromatic rings. The maximum absolute atomic E-state index is 12.9. The summed E-state index contributed by atoms with van der Waals surface area (Å²) in [6.07, 6.45) is 3.01. The summed E-state index contributed by atoms with van der Waals surface area (Å²) in [7, 11) is 0. The van der Waals surface area contributed by atoms with Gasteiger partial charge in [0, 0.05) is 11.0 Å². The van der Waals surface area contributed by atoms with Crippen LogP contribution in [0.5, 0.6) is 0 Å². The van der Waals surface area contributed by atoms with Crippen LogP contribution in [0.1, 0.15) is 16.0 Å². The van der Waals surface area contributed by atoms with Crippen molar-refractivity contribution >= 4 is 23.3 Å². The minimum absolute atomic E-state index is 0.183. The molecule has 1 amide bonds. The predicted octanol–water partition coefficient (Wildman–Crippen LogP) is 3.53. The highest BCUT2D eigenvalue weighted by molar-refractivity contribution is 7.10. The molecule has 2 nitrogen and oxygen atoms in total. The van der Waals surface area contributed by atoms with Crippen LogP contribution in [0, 0.1) is 12.7 Å². The zero-order valence-electron chi connectivity index (χ0n) is 10.5. The molecule has 1 N–H and O–H groups in total. The van der Waals surface area contributed by atoms with Crippen LogP contribution in [0.3, 0.4) is 0 Å². The number of thiophene rings is 1. The average molecular weight is 275 g/mol. The van der Waals surface area contributed by atoms with Gasteiger partial charge in [-0.2, -0.15) is 0 Å². The minimum Gasteiger partial charge on any atom is -0.348 e. The Morgan fingerprint density at radius 1 is 1.42 bits per heavy atom. The normalized spacial score (nSPS) is 10.8. The maximum atomic E-state index is 12.9. The standard InChI is InChI=1S/C15H14FNOS/c1-11-7-8-19-14(11)10-17-15(18)6-5-12-3-2-4-13(16)9-12/h2-9H,10H2,1H3,(H,17,18)/b6-5+. The van der Waals surface area contributed by atoms with Crippen molar-refractivity contribution < 1.29 is 9.18 Å². The van der Waals surface area contributed by atoms with Gasteiger partial charge in [0.1, 0.15) is 5.82 Å². The molecule has 0 aliphatic carbocycles. The van der Waals surface area contributed by atoms with E-state index in [9.17, 15) is 9.18 Å². The third-order valence-corrected chi connectivity index (χ3v) is 3.69. The van der Waals surface area contributed by atoms with Gasteiger partial charge in [-0.3, -0.25) is 4.79 Å². The lowest BCUT2D eigenvalue weighted by molar-refractivity contribution is -0.116. The Morgan fingerprint density at radius 3 is 2.95 bits per heavy atom. The van der Waals surface area contributed by atoms with Crippen molar-refractivity contribution in [1.29, 1.82) is 0 Å². The van der Waals surface area contributed by atoms with Crippen molar-refractivity contribution in [2.24, 2.45) is 0 Å². The smallest absolute Gasteiger partial charge is 0.244 e. The van der Waals surface area contributed by atoms with Gasteiger partial charge in [0.05, 0.1) is 6.54 Å². The Hall–Kier alpha value is -1.94. The molecule has 0 radical (unpaired) electrons. The molecule has 0 aliphatic heterocycles. The summed E-state index contributed by atoms with van der Waals surface area (Å²) in [6.45, 7) is 2.54. The molecule has 0 saturated carbocycles. The molecule has 98 valence electrons. The van der Waals surface area contributed by atoms with Crippen molar-refractivity contribution in [1.82, 2.24) is 5.32 Å². The average Bonchev–Trinajstić information content (AvgIpc) is 2.80. The molecule has 0 aliphatic rings. The van der Waals surface area contributed by atoms with E-state index >= 15 is 0 Å². The second-order valence-electron chi connectivity index (χ2n) is 4.13. The van der Waals surface area contributed by atoms with Crippen molar-refractivity contribution in [3.05, 3.63) is 63.6 Å². The van der Waals surface area contributed by atoms with E-state index in [1.54, 1.807) is 29.5 Å². The number of carbonyl (C=O) groups excluding carboxylic acids is 1. The van der Waals surface area contributed by atoms with E-state index in [-0.39, 0.29) is 11.7 Å². The Kier molecular flexibility index (Phi) is 4.47. The van der Waals surface area contributed by atoms with Crippen molar-refractivity contribution in [2.45, 2.75) is 13.5 Å². The van der Waals surface area contributed by atoms with E-state index in [0.717, 1.165) is 4.88 Å². The van der Waals surface area contributed by atoms with Crippen molar-refractivity contribution in [2.75, 3.05) is 0 Å². The predicted molar refractivity (Wildman–Crippen MR) is 76.3 cm³/mol. The number of nitrogens with one attached hydrogen (secondary N) is 1. The minimum atomic E-state index is -0.309. The first-order valence-electron chi connectivity index (χ1n) is 5.89. The van der Waals surface area contributed by atoms with Gasteiger partial charge >= 0.3 is 0 Å². The summed E-state index contributed by atoms with van der Waals surface area (Å²) in [5, 5.41) is 4.80. The van der Waals surface area contributed by atoms with Gasteiger partial charge in [0.2, 0.25) is 5.91 Å². The zero-order valence-corrected chi connectivity index (χ0v) is 11.3. The van der Waals surface area contributed by atoms with E-state index in [0.29, 0.717) is 12.1 Å². The van der Waals surface area contributed by atoms with Crippen LogP contribution >= 0.6 is 11.3 Å². The van der Waals surface area contributed by atoms with Crippen molar-refractivity contribution in [3.8, 4) is 0 Å². The molecule has 0 spiro atoms. The van der Waals surface area contributed by atoms with Gasteiger partial charge in [-0.15, -0.1) is 11.3 Å². The molecule has 0 atom stereocenters. The molecule has 19 heavy (non-hydrogen) atoms. The lowest BCUT2D eigenvalue weighted by Crippen LogP contribution is -2.19. The van der Waals surface area contributed by atoms with Crippen molar-refractivity contribution in [3.63, 3.8) is 0 Å². The van der Waals surface area contributed by atoms with Gasteiger partial charge in [0.25, 0.3) is 0 Å². The molecule has 0 saturated heterocycles. The number of aryl methyl sites for hydroxylation is 1. The number of carbonyl (C=O) groups is 1. The highest BCUT2D eigenvalue weighted by Gasteiger charge is 2.01. The SMILES string of the molecule is Cc1ccsc1CNC(=O)/C=C/c1cccc(F)c1. The molecule has 1 heterocycles. The zero-order chi connectivity index (χ0) is 13.7. The first kappa shape index (κ1) is 13.5. The van der Waals surface area contributed by atoms with Gasteiger partial charge in [-0.25, -0.2) is 4.39 Å². The summed E-state index contributed by atoms with van der Waals surface area (Å²) in [4.78, 5) is 12.8. The molecule has 0 fully saturated rings.